The van der Waals surface area contributed by atoms with Gasteiger partial charge >= 0.3 is 5.97 Å². The summed E-state index contributed by atoms with van der Waals surface area (Å²) < 4.78 is 11.6. The molecule has 2 atom stereocenters. The van der Waals surface area contributed by atoms with Crippen LogP contribution in [0.4, 0.5) is 0 Å². The number of carboxylic acid groups (broad SMARTS) is 1. The van der Waals surface area contributed by atoms with Crippen molar-refractivity contribution in [3.8, 4) is 5.75 Å². The number of nitrogens with two attached hydrogens (primary N) is 1. The molecule has 3 rings (SSSR count). The Labute approximate surface area is 238 Å². The van der Waals surface area contributed by atoms with E-state index in [1.165, 1.54) is 0 Å². The number of hydrogen-bond acceptors (Lipinski definition) is 6. The minimum absolute atomic E-state index is 0.196. The van der Waals surface area contributed by atoms with E-state index >= 15 is 0 Å². The fourth-order valence-electron chi connectivity index (χ4n) is 5.01. The van der Waals surface area contributed by atoms with Crippen molar-refractivity contribution in [3.63, 3.8) is 0 Å². The number of benzene rings is 1. The number of aromatic nitrogens is 1. The Morgan fingerprint density at radius 1 is 1.30 bits per heavy atom. The molecule has 2 aromatic rings. The van der Waals surface area contributed by atoms with Crippen molar-refractivity contribution >= 4 is 18.0 Å². The van der Waals surface area contributed by atoms with Crippen LogP contribution in [0.1, 0.15) is 89.1 Å². The molecule has 0 radical (unpaired) electrons. The molecule has 8 heteroatoms. The van der Waals surface area contributed by atoms with Crippen molar-refractivity contribution in [2.45, 2.75) is 84.7 Å². The van der Waals surface area contributed by atoms with Gasteiger partial charge in [0, 0.05) is 18.5 Å². The van der Waals surface area contributed by atoms with Gasteiger partial charge in [0.25, 0.3) is 0 Å². The summed E-state index contributed by atoms with van der Waals surface area (Å²) in [6, 6.07) is 5.01. The second-order valence-corrected chi connectivity index (χ2v) is 11.6. The van der Waals surface area contributed by atoms with Gasteiger partial charge in [-0.05, 0) is 74.4 Å². The summed E-state index contributed by atoms with van der Waals surface area (Å²) in [5, 5.41) is 10.3. The number of hydrogen-bond donors (Lipinski definition) is 2. The number of oxazole rings is 1. The highest BCUT2D eigenvalue weighted by atomic mass is 16.5. The van der Waals surface area contributed by atoms with E-state index in [4.69, 9.17) is 14.9 Å². The molecule has 0 saturated heterocycles. The summed E-state index contributed by atoms with van der Waals surface area (Å²) >= 11 is 0. The molecule has 1 aromatic heterocycles. The average molecular weight is 552 g/mol. The Bertz CT molecular complexity index is 1190. The number of rotatable bonds is 14. The van der Waals surface area contributed by atoms with Gasteiger partial charge in [0.15, 0.2) is 0 Å². The van der Waals surface area contributed by atoms with Crippen LogP contribution in [0.3, 0.4) is 0 Å². The largest absolute Gasteiger partial charge is 0.493 e. The zero-order valence-electron chi connectivity index (χ0n) is 24.6. The smallest absolute Gasteiger partial charge is 0.310 e. The summed E-state index contributed by atoms with van der Waals surface area (Å²) in [6.45, 7) is 10.6. The van der Waals surface area contributed by atoms with E-state index in [1.54, 1.807) is 31.1 Å². The zero-order valence-corrected chi connectivity index (χ0v) is 24.6. The molecule has 1 aliphatic rings. The molecular weight excluding hydrogens is 506 g/mol. The van der Waals surface area contributed by atoms with Crippen LogP contribution >= 0.6 is 0 Å². The fraction of sp³-hybridized carbons (Fsp3) is 0.531. The normalized spacial score (nSPS) is 16.6. The second-order valence-electron chi connectivity index (χ2n) is 11.6. The summed E-state index contributed by atoms with van der Waals surface area (Å²) in [7, 11) is 0. The SMILES string of the molecule is CCCCC=CC(=O)N1CCc2ccc(OCCc3coc(C=CCC(C)C)n3)cc2C1C(C(=O)O)C(C)(C)N. The van der Waals surface area contributed by atoms with E-state index < -0.39 is 23.5 Å². The van der Waals surface area contributed by atoms with Gasteiger partial charge in [-0.3, -0.25) is 9.59 Å². The molecule has 1 aliphatic heterocycles. The van der Waals surface area contributed by atoms with Crippen LogP contribution in [0.2, 0.25) is 0 Å². The van der Waals surface area contributed by atoms with Crippen molar-refractivity contribution in [1.82, 2.24) is 9.88 Å². The monoisotopic (exact) mass is 551 g/mol. The molecule has 0 aliphatic carbocycles. The number of nitrogens with zero attached hydrogens (tertiary/aromatic N) is 2. The number of fused-ring (bicyclic) bond motifs is 1. The highest BCUT2D eigenvalue weighted by Gasteiger charge is 2.45. The molecule has 2 heterocycles. The quantitative estimate of drug-likeness (QED) is 0.219. The predicted octanol–water partition coefficient (Wildman–Crippen LogP) is 5.97. The molecule has 3 N–H and O–H groups in total. The van der Waals surface area contributed by atoms with Crippen molar-refractivity contribution < 1.29 is 23.8 Å². The Morgan fingerprint density at radius 3 is 2.75 bits per heavy atom. The lowest BCUT2D eigenvalue weighted by Gasteiger charge is -2.44. The van der Waals surface area contributed by atoms with E-state index in [0.717, 1.165) is 42.5 Å². The van der Waals surface area contributed by atoms with E-state index in [2.05, 4.69) is 31.8 Å². The third-order valence-corrected chi connectivity index (χ3v) is 7.11. The van der Waals surface area contributed by atoms with Gasteiger partial charge in [0.05, 0.1) is 24.3 Å². The van der Waals surface area contributed by atoms with Crippen LogP contribution in [0.15, 0.2) is 47.1 Å². The maximum Gasteiger partial charge on any atom is 0.310 e. The van der Waals surface area contributed by atoms with Gasteiger partial charge < -0.3 is 24.9 Å². The van der Waals surface area contributed by atoms with Crippen molar-refractivity contribution in [3.05, 3.63) is 65.4 Å². The third kappa shape index (κ3) is 8.55. The van der Waals surface area contributed by atoms with E-state index in [0.29, 0.717) is 43.6 Å². The lowest BCUT2D eigenvalue weighted by molar-refractivity contribution is -0.149. The number of carboxylic acids is 1. The molecule has 2 unspecified atom stereocenters. The van der Waals surface area contributed by atoms with Gasteiger partial charge in [0.2, 0.25) is 11.8 Å². The maximum absolute atomic E-state index is 13.3. The molecule has 0 fully saturated rings. The number of carbonyl (C=O) groups excluding carboxylic acids is 1. The highest BCUT2D eigenvalue weighted by Crippen LogP contribution is 2.41. The van der Waals surface area contributed by atoms with Crippen LogP contribution in [0.25, 0.3) is 6.08 Å². The molecule has 0 spiro atoms. The topological polar surface area (TPSA) is 119 Å². The molecular formula is C32H45N3O5. The summed E-state index contributed by atoms with van der Waals surface area (Å²) in [4.78, 5) is 32.0. The number of allylic oxidation sites excluding steroid dienone is 2. The summed E-state index contributed by atoms with van der Waals surface area (Å²) in [6.07, 6.45) is 14.0. The lowest BCUT2D eigenvalue weighted by Crippen LogP contribution is -2.54. The molecule has 40 heavy (non-hydrogen) atoms. The van der Waals surface area contributed by atoms with Crippen LogP contribution < -0.4 is 10.5 Å². The standard InChI is InChI=1S/C32H45N3O5/c1-6-7-8-9-13-28(36)35-18-16-23-14-15-25(20-26(23)30(35)29(31(37)38)32(4,5)33)39-19-17-24-21-40-27(34-24)12-10-11-22(2)3/h9-10,12-15,20-22,29-30H,6-8,11,16-19,33H2,1-5H3,(H,37,38). The highest BCUT2D eigenvalue weighted by molar-refractivity contribution is 5.89. The van der Waals surface area contributed by atoms with Crippen LogP contribution in [0.5, 0.6) is 5.75 Å². The van der Waals surface area contributed by atoms with Crippen LogP contribution in [-0.2, 0) is 22.4 Å². The maximum atomic E-state index is 13.3. The van der Waals surface area contributed by atoms with Gasteiger partial charge in [-0.2, -0.15) is 0 Å². The first-order chi connectivity index (χ1) is 19.0. The van der Waals surface area contributed by atoms with Crippen LogP contribution in [0, 0.1) is 11.8 Å². The molecule has 8 nitrogen and oxygen atoms in total. The third-order valence-electron chi connectivity index (χ3n) is 7.11. The van der Waals surface area contributed by atoms with Crippen molar-refractivity contribution in [2.75, 3.05) is 13.2 Å². The molecule has 218 valence electrons. The number of ether oxygens (including phenoxy) is 1. The first kappa shape index (κ1) is 31.1. The minimum atomic E-state index is -1.07. The van der Waals surface area contributed by atoms with E-state index in [9.17, 15) is 14.7 Å². The van der Waals surface area contributed by atoms with Crippen LogP contribution in [-0.4, -0.2) is 45.6 Å². The number of unbranched alkanes of at least 4 members (excludes halogenated alkanes) is 2. The number of aliphatic carboxylic acids is 1. The fourth-order valence-corrected chi connectivity index (χ4v) is 5.01. The van der Waals surface area contributed by atoms with E-state index in [1.807, 2.05) is 30.4 Å². The predicted molar refractivity (Wildman–Crippen MR) is 157 cm³/mol. The Hall–Kier alpha value is -3.39. The Balaban J connectivity index is 1.80. The first-order valence-electron chi connectivity index (χ1n) is 14.4. The van der Waals surface area contributed by atoms with Gasteiger partial charge in [-0.15, -0.1) is 0 Å². The molecule has 0 saturated carbocycles. The minimum Gasteiger partial charge on any atom is -0.493 e. The van der Waals surface area contributed by atoms with Gasteiger partial charge in [-0.25, -0.2) is 4.98 Å². The Morgan fingerprint density at radius 2 is 2.08 bits per heavy atom. The van der Waals surface area contributed by atoms with Crippen molar-refractivity contribution in [2.24, 2.45) is 17.6 Å². The second kappa shape index (κ2) is 14.3. The molecule has 1 amide bonds. The van der Waals surface area contributed by atoms with E-state index in [-0.39, 0.29) is 5.91 Å². The first-order valence-corrected chi connectivity index (χ1v) is 14.4. The Kier molecular flexibility index (Phi) is 11.1. The number of carbonyl (C=O) groups is 2. The zero-order chi connectivity index (χ0) is 29.3. The number of amides is 1. The van der Waals surface area contributed by atoms with Gasteiger partial charge in [0.1, 0.15) is 12.0 Å². The van der Waals surface area contributed by atoms with Crippen molar-refractivity contribution in [1.29, 1.82) is 0 Å². The summed E-state index contributed by atoms with van der Waals surface area (Å²) in [5.74, 6) is -0.482. The average Bonchev–Trinajstić information content (AvgIpc) is 3.33. The summed E-state index contributed by atoms with van der Waals surface area (Å²) in [5.41, 5.74) is 7.91. The lowest BCUT2D eigenvalue weighted by atomic mass is 9.75. The molecule has 0 bridgehead atoms. The molecule has 1 aromatic carbocycles. The van der Waals surface area contributed by atoms with Gasteiger partial charge in [-0.1, -0.05) is 51.8 Å².